The number of fused-ring (bicyclic) bond motifs is 5. The number of ether oxygens (including phenoxy) is 4. The minimum Gasteiger partial charge on any atom is -0.493 e. The van der Waals surface area contributed by atoms with Gasteiger partial charge in [-0.25, -0.2) is 4.79 Å². The summed E-state index contributed by atoms with van der Waals surface area (Å²) in [6.45, 7) is 14.5. The Labute approximate surface area is 314 Å². The van der Waals surface area contributed by atoms with Crippen molar-refractivity contribution in [2.24, 2.45) is 39.9 Å². The van der Waals surface area contributed by atoms with Crippen molar-refractivity contribution in [3.8, 4) is 22.8 Å². The first-order chi connectivity index (χ1) is 25.1. The highest BCUT2D eigenvalue weighted by atomic mass is 16.6. The molecule has 0 saturated heterocycles. The van der Waals surface area contributed by atoms with Gasteiger partial charge in [0.25, 0.3) is 0 Å². The second-order valence-corrected chi connectivity index (χ2v) is 17.2. The maximum Gasteiger partial charge on any atom is 0.334 e. The summed E-state index contributed by atoms with van der Waals surface area (Å²) < 4.78 is 28.5. The number of hydrogen-bond acceptors (Lipinski definition) is 10. The van der Waals surface area contributed by atoms with Gasteiger partial charge in [-0.3, -0.25) is 4.79 Å². The first-order valence-electron chi connectivity index (χ1n) is 19.3. The average Bonchev–Trinajstić information content (AvgIpc) is 3.69. The number of allylic oxidation sites excluding steroid dienone is 2. The molecule has 10 atom stereocenters. The van der Waals surface area contributed by atoms with Crippen LogP contribution in [0.3, 0.4) is 0 Å². The molecule has 1 aromatic heterocycles. The molecule has 0 bridgehead atoms. The van der Waals surface area contributed by atoms with Crippen LogP contribution in [0.25, 0.3) is 11.3 Å². The van der Waals surface area contributed by atoms with E-state index < -0.39 is 24.1 Å². The van der Waals surface area contributed by atoms with E-state index in [9.17, 15) is 19.8 Å². The van der Waals surface area contributed by atoms with Crippen LogP contribution in [0.2, 0.25) is 0 Å². The normalized spacial score (nSPS) is 35.6. The summed E-state index contributed by atoms with van der Waals surface area (Å²) in [7, 11) is 3.14. The van der Waals surface area contributed by atoms with Crippen LogP contribution in [0.4, 0.5) is 0 Å². The zero-order valence-corrected chi connectivity index (χ0v) is 33.0. The lowest BCUT2D eigenvalue weighted by atomic mass is 9.36. The molecule has 10 nitrogen and oxygen atoms in total. The van der Waals surface area contributed by atoms with E-state index in [-0.39, 0.29) is 46.7 Å². The van der Waals surface area contributed by atoms with Crippen LogP contribution in [0.5, 0.6) is 11.5 Å². The monoisotopic (exact) mass is 733 g/mol. The van der Waals surface area contributed by atoms with Crippen LogP contribution in [0.1, 0.15) is 106 Å². The fourth-order valence-electron chi connectivity index (χ4n) is 11.5. The van der Waals surface area contributed by atoms with Crippen LogP contribution in [-0.4, -0.2) is 59.8 Å². The lowest BCUT2D eigenvalue weighted by molar-refractivity contribution is -0.234. The van der Waals surface area contributed by atoms with E-state index in [0.29, 0.717) is 60.1 Å². The number of aliphatic hydroxyl groups excluding tert-OH is 2. The van der Waals surface area contributed by atoms with Crippen molar-refractivity contribution in [1.82, 2.24) is 5.16 Å². The molecule has 0 amide bonds. The van der Waals surface area contributed by atoms with Crippen LogP contribution >= 0.6 is 0 Å². The maximum atomic E-state index is 14.4. The van der Waals surface area contributed by atoms with Crippen LogP contribution in [0, 0.1) is 39.9 Å². The highest BCUT2D eigenvalue weighted by Gasteiger charge is 2.70. The van der Waals surface area contributed by atoms with Crippen molar-refractivity contribution in [2.75, 3.05) is 14.2 Å². The third-order valence-corrected chi connectivity index (χ3v) is 14.1. The molecule has 290 valence electrons. The summed E-state index contributed by atoms with van der Waals surface area (Å²) in [5, 5.41) is 27.4. The van der Waals surface area contributed by atoms with Crippen LogP contribution < -0.4 is 9.47 Å². The quantitative estimate of drug-likeness (QED) is 0.140. The van der Waals surface area contributed by atoms with E-state index in [4.69, 9.17) is 23.5 Å². The van der Waals surface area contributed by atoms with Gasteiger partial charge < -0.3 is 33.7 Å². The molecule has 10 heteroatoms. The molecule has 0 spiro atoms. The Hall–Kier alpha value is -3.63. The van der Waals surface area contributed by atoms with E-state index in [2.05, 4.69) is 38.9 Å². The summed E-state index contributed by atoms with van der Waals surface area (Å²) >= 11 is 0. The van der Waals surface area contributed by atoms with Crippen molar-refractivity contribution in [2.45, 2.75) is 125 Å². The van der Waals surface area contributed by atoms with Gasteiger partial charge in [-0.15, -0.1) is 0 Å². The Morgan fingerprint density at radius 1 is 0.981 bits per heavy atom. The first-order valence-corrected chi connectivity index (χ1v) is 19.3. The SMILES string of the molecule is COc1ccc(-c2cc(COC(=O)/C(CCC=C(C)C)=C3\[C@@H](OC(C)=O)C[C@@]4(C)[C@H]3C[C@@H](O)[C@H]3[C@@]5(C)CC[C@@H](O)[C@@H](C)[C@@H]5CC[C@@]34C)on2)cc1OC. The molecule has 53 heavy (non-hydrogen) atoms. The van der Waals surface area contributed by atoms with Gasteiger partial charge in [-0.05, 0) is 129 Å². The lowest BCUT2D eigenvalue weighted by Crippen LogP contribution is -2.65. The highest BCUT2D eigenvalue weighted by Crippen LogP contribution is 2.74. The number of rotatable bonds is 10. The smallest absolute Gasteiger partial charge is 0.334 e. The Balaban J connectivity index is 1.34. The molecule has 4 aliphatic carbocycles. The molecule has 2 N–H and O–H groups in total. The molecule has 1 heterocycles. The number of hydrogen-bond donors (Lipinski definition) is 2. The van der Waals surface area contributed by atoms with E-state index in [0.717, 1.165) is 42.4 Å². The predicted molar refractivity (Wildman–Crippen MR) is 200 cm³/mol. The number of nitrogens with zero attached hydrogens (tertiary/aromatic N) is 1. The molecule has 0 radical (unpaired) electrons. The number of carbonyl (C=O) groups is 2. The molecule has 0 unspecified atom stereocenters. The number of carbonyl (C=O) groups excluding carboxylic acids is 2. The van der Waals surface area contributed by atoms with Crippen molar-refractivity contribution in [3.63, 3.8) is 0 Å². The Morgan fingerprint density at radius 2 is 1.72 bits per heavy atom. The predicted octanol–water partition coefficient (Wildman–Crippen LogP) is 8.00. The largest absolute Gasteiger partial charge is 0.493 e. The topological polar surface area (TPSA) is 138 Å². The highest BCUT2D eigenvalue weighted by molar-refractivity contribution is 5.90. The van der Waals surface area contributed by atoms with Crippen LogP contribution in [-0.2, 0) is 25.7 Å². The number of benzene rings is 1. The van der Waals surface area contributed by atoms with Gasteiger partial charge in [0.2, 0.25) is 0 Å². The molecule has 1 aromatic carbocycles. The zero-order valence-electron chi connectivity index (χ0n) is 33.0. The Morgan fingerprint density at radius 3 is 2.40 bits per heavy atom. The van der Waals surface area contributed by atoms with E-state index >= 15 is 0 Å². The molecular formula is C43H59NO9. The third-order valence-electron chi connectivity index (χ3n) is 14.1. The summed E-state index contributed by atoms with van der Waals surface area (Å²) in [6.07, 6.45) is 6.07. The molecule has 0 aliphatic heterocycles. The molecule has 4 saturated carbocycles. The van der Waals surface area contributed by atoms with Gasteiger partial charge in [0.05, 0.1) is 26.4 Å². The number of methoxy groups -OCH3 is 2. The summed E-state index contributed by atoms with van der Waals surface area (Å²) in [5.74, 6) is 0.951. The minimum absolute atomic E-state index is 0.00896. The number of aromatic nitrogens is 1. The summed E-state index contributed by atoms with van der Waals surface area (Å²) in [6, 6.07) is 7.18. The average molecular weight is 734 g/mol. The Bertz CT molecular complexity index is 1760. The molecule has 2 aromatic rings. The molecule has 4 fully saturated rings. The van der Waals surface area contributed by atoms with E-state index in [1.165, 1.54) is 6.92 Å². The number of esters is 2. The Kier molecular flexibility index (Phi) is 11.0. The molecule has 4 aliphatic rings. The van der Waals surface area contributed by atoms with Crippen molar-refractivity contribution in [1.29, 1.82) is 0 Å². The molecular weight excluding hydrogens is 674 g/mol. The second kappa shape index (κ2) is 14.9. The first kappa shape index (κ1) is 39.1. The zero-order chi connectivity index (χ0) is 38.5. The van der Waals surface area contributed by atoms with Gasteiger partial charge in [-0.2, -0.15) is 0 Å². The second-order valence-electron chi connectivity index (χ2n) is 17.2. The lowest BCUT2D eigenvalue weighted by Gasteiger charge is -2.69. The fraction of sp³-hybridized carbons (Fsp3) is 0.651. The van der Waals surface area contributed by atoms with Gasteiger partial charge in [0.1, 0.15) is 11.8 Å². The third kappa shape index (κ3) is 6.83. The van der Waals surface area contributed by atoms with Crippen LogP contribution in [0.15, 0.2) is 51.6 Å². The standard InChI is InChI=1S/C43H59NO9/c1-24(2)11-10-12-29(40(48)51-23-28-20-32(44-53-28)27-13-14-35(49-8)36(19-27)50-9)38-31-21-34(47)39-41(5)17-16-33(46)25(3)30(41)15-18-42(39,6)43(31,7)22-37(38)52-26(4)45/h11,13-14,19-20,25,30-31,33-34,37,39,46-47H,10,12,15-18,21-23H2,1-9H3/b38-29-/t25-,30-,31-,33+,34+,37-,39-,41-,42-,43-/m0/s1. The van der Waals surface area contributed by atoms with Gasteiger partial charge in [0, 0.05) is 24.1 Å². The van der Waals surface area contributed by atoms with Gasteiger partial charge >= 0.3 is 11.9 Å². The fourth-order valence-corrected chi connectivity index (χ4v) is 11.5. The van der Waals surface area contributed by atoms with Gasteiger partial charge in [0.15, 0.2) is 23.9 Å². The molecule has 6 rings (SSSR count). The number of aliphatic hydroxyl groups is 2. The maximum absolute atomic E-state index is 14.4. The van der Waals surface area contributed by atoms with Crippen molar-refractivity contribution < 1.29 is 43.3 Å². The summed E-state index contributed by atoms with van der Waals surface area (Å²) in [5.41, 5.74) is 2.96. The van der Waals surface area contributed by atoms with E-state index in [1.807, 2.05) is 19.9 Å². The van der Waals surface area contributed by atoms with E-state index in [1.54, 1.807) is 32.4 Å². The summed E-state index contributed by atoms with van der Waals surface area (Å²) in [4.78, 5) is 27.1. The minimum atomic E-state index is -0.612. The van der Waals surface area contributed by atoms with Crippen molar-refractivity contribution >= 4 is 11.9 Å². The van der Waals surface area contributed by atoms with Gasteiger partial charge in [-0.1, -0.05) is 44.5 Å². The van der Waals surface area contributed by atoms with Crippen molar-refractivity contribution in [3.05, 3.63) is 52.8 Å².